The van der Waals surface area contributed by atoms with E-state index in [1.54, 1.807) is 6.92 Å². The number of carbonyl (C=O) groups excluding carboxylic acids is 1. The summed E-state index contributed by atoms with van der Waals surface area (Å²) in [5, 5.41) is 3.30. The van der Waals surface area contributed by atoms with Crippen molar-refractivity contribution in [2.45, 2.75) is 38.6 Å². The second-order valence-electron chi connectivity index (χ2n) is 5.23. The van der Waals surface area contributed by atoms with E-state index in [0.717, 1.165) is 50.3 Å². The first-order valence-corrected chi connectivity index (χ1v) is 7.08. The zero-order valence-electron chi connectivity index (χ0n) is 10.9. The van der Waals surface area contributed by atoms with E-state index < -0.39 is 0 Å². The standard InChI is InChI=1S/C13H17ClN4O/c1-8(19)15-9-5-6-18(7-9)12-10-3-2-4-11(10)16-13(14)17-12/h9H,2-7H2,1H3,(H,15,19). The van der Waals surface area contributed by atoms with Gasteiger partial charge in [0.05, 0.1) is 5.69 Å². The molecule has 1 unspecified atom stereocenters. The van der Waals surface area contributed by atoms with Gasteiger partial charge in [0.15, 0.2) is 0 Å². The SMILES string of the molecule is CC(=O)NC1CCN(c2nc(Cl)nc3c2CCC3)C1. The van der Waals surface area contributed by atoms with E-state index >= 15 is 0 Å². The summed E-state index contributed by atoms with van der Waals surface area (Å²) in [6.07, 6.45) is 4.10. The van der Waals surface area contributed by atoms with Crippen LogP contribution in [0, 0.1) is 0 Å². The molecule has 6 heteroatoms. The van der Waals surface area contributed by atoms with Gasteiger partial charge in [-0.2, -0.15) is 0 Å². The minimum atomic E-state index is 0.0257. The quantitative estimate of drug-likeness (QED) is 0.831. The first kappa shape index (κ1) is 12.7. The van der Waals surface area contributed by atoms with E-state index in [1.165, 1.54) is 5.56 Å². The lowest BCUT2D eigenvalue weighted by Gasteiger charge is -2.20. The van der Waals surface area contributed by atoms with Crippen molar-refractivity contribution in [3.63, 3.8) is 0 Å². The minimum Gasteiger partial charge on any atom is -0.354 e. The third kappa shape index (κ3) is 2.52. The molecule has 2 aliphatic rings. The van der Waals surface area contributed by atoms with Crippen LogP contribution in [0.4, 0.5) is 5.82 Å². The van der Waals surface area contributed by atoms with Gasteiger partial charge >= 0.3 is 0 Å². The molecule has 19 heavy (non-hydrogen) atoms. The fraction of sp³-hybridized carbons (Fsp3) is 0.615. The van der Waals surface area contributed by atoms with E-state index in [4.69, 9.17) is 11.6 Å². The summed E-state index contributed by atoms with van der Waals surface area (Å²) in [5.41, 5.74) is 2.34. The van der Waals surface area contributed by atoms with Crippen LogP contribution in [0.2, 0.25) is 5.28 Å². The van der Waals surface area contributed by atoms with E-state index in [9.17, 15) is 4.79 Å². The molecular weight excluding hydrogens is 264 g/mol. The first-order chi connectivity index (χ1) is 9.13. The number of nitrogens with one attached hydrogen (secondary N) is 1. The Balaban J connectivity index is 1.82. The molecule has 102 valence electrons. The highest BCUT2D eigenvalue weighted by Crippen LogP contribution is 2.31. The number of fused-ring (bicyclic) bond motifs is 1. The van der Waals surface area contributed by atoms with Crippen molar-refractivity contribution in [1.29, 1.82) is 0 Å². The van der Waals surface area contributed by atoms with Crippen LogP contribution in [-0.4, -0.2) is 35.0 Å². The number of hydrogen-bond acceptors (Lipinski definition) is 4. The molecule has 1 aromatic rings. The summed E-state index contributed by atoms with van der Waals surface area (Å²) in [6, 6.07) is 0.211. The van der Waals surface area contributed by atoms with Crippen molar-refractivity contribution in [1.82, 2.24) is 15.3 Å². The molecule has 1 fully saturated rings. The number of amides is 1. The second kappa shape index (κ2) is 4.96. The molecule has 0 saturated carbocycles. The number of halogens is 1. The Kier molecular flexibility index (Phi) is 3.31. The van der Waals surface area contributed by atoms with Gasteiger partial charge in [0.2, 0.25) is 11.2 Å². The predicted molar refractivity (Wildman–Crippen MR) is 73.5 cm³/mol. The molecule has 5 nitrogen and oxygen atoms in total. The highest BCUT2D eigenvalue weighted by atomic mass is 35.5. The minimum absolute atomic E-state index is 0.0257. The molecule has 1 amide bonds. The van der Waals surface area contributed by atoms with Crippen LogP contribution in [0.1, 0.15) is 31.0 Å². The number of hydrogen-bond donors (Lipinski definition) is 1. The largest absolute Gasteiger partial charge is 0.354 e. The number of nitrogens with zero attached hydrogens (tertiary/aromatic N) is 3. The number of anilines is 1. The molecule has 0 radical (unpaired) electrons. The van der Waals surface area contributed by atoms with E-state index in [1.807, 2.05) is 0 Å². The highest BCUT2D eigenvalue weighted by molar-refractivity contribution is 6.28. The molecule has 1 aliphatic carbocycles. The lowest BCUT2D eigenvalue weighted by Crippen LogP contribution is -2.36. The van der Waals surface area contributed by atoms with Crippen molar-refractivity contribution in [2.24, 2.45) is 0 Å². The Morgan fingerprint density at radius 2 is 2.26 bits per heavy atom. The van der Waals surface area contributed by atoms with Crippen LogP contribution >= 0.6 is 11.6 Å². The van der Waals surface area contributed by atoms with E-state index in [-0.39, 0.29) is 11.9 Å². The predicted octanol–water partition coefficient (Wildman–Crippen LogP) is 1.33. The average molecular weight is 281 g/mol. The number of carbonyl (C=O) groups is 1. The maximum atomic E-state index is 11.1. The number of rotatable bonds is 2. The molecule has 1 saturated heterocycles. The Hall–Kier alpha value is -1.36. The van der Waals surface area contributed by atoms with Gasteiger partial charge in [0.1, 0.15) is 5.82 Å². The fourth-order valence-electron chi connectivity index (χ4n) is 3.00. The van der Waals surface area contributed by atoms with Gasteiger partial charge in [0.25, 0.3) is 0 Å². The highest BCUT2D eigenvalue weighted by Gasteiger charge is 2.28. The van der Waals surface area contributed by atoms with Crippen LogP contribution in [0.3, 0.4) is 0 Å². The summed E-state index contributed by atoms with van der Waals surface area (Å²) in [7, 11) is 0. The molecule has 1 aliphatic heterocycles. The third-order valence-electron chi connectivity index (χ3n) is 3.78. The Morgan fingerprint density at radius 1 is 1.42 bits per heavy atom. The molecule has 0 aromatic carbocycles. The second-order valence-corrected chi connectivity index (χ2v) is 5.57. The maximum absolute atomic E-state index is 11.1. The van der Waals surface area contributed by atoms with Gasteiger partial charge in [-0.15, -0.1) is 0 Å². The zero-order chi connectivity index (χ0) is 13.4. The maximum Gasteiger partial charge on any atom is 0.224 e. The first-order valence-electron chi connectivity index (χ1n) is 6.71. The van der Waals surface area contributed by atoms with Crippen LogP contribution in [0.5, 0.6) is 0 Å². The number of aryl methyl sites for hydroxylation is 1. The zero-order valence-corrected chi connectivity index (χ0v) is 11.7. The van der Waals surface area contributed by atoms with Crippen LogP contribution in [0.25, 0.3) is 0 Å². The topological polar surface area (TPSA) is 58.1 Å². The Bertz CT molecular complexity index is 520. The van der Waals surface area contributed by atoms with E-state index in [2.05, 4.69) is 20.2 Å². The number of aromatic nitrogens is 2. The van der Waals surface area contributed by atoms with Gasteiger partial charge < -0.3 is 10.2 Å². The van der Waals surface area contributed by atoms with Crippen molar-refractivity contribution in [2.75, 3.05) is 18.0 Å². The third-order valence-corrected chi connectivity index (χ3v) is 3.95. The summed E-state index contributed by atoms with van der Waals surface area (Å²) >= 11 is 6.01. The van der Waals surface area contributed by atoms with Gasteiger partial charge in [-0.1, -0.05) is 0 Å². The van der Waals surface area contributed by atoms with Crippen LogP contribution in [0.15, 0.2) is 0 Å². The van der Waals surface area contributed by atoms with Crippen molar-refractivity contribution >= 4 is 23.3 Å². The van der Waals surface area contributed by atoms with Gasteiger partial charge in [-0.05, 0) is 37.3 Å². The van der Waals surface area contributed by atoms with E-state index in [0.29, 0.717) is 5.28 Å². The lowest BCUT2D eigenvalue weighted by molar-refractivity contribution is -0.119. The lowest BCUT2D eigenvalue weighted by atomic mass is 10.2. The molecule has 1 aromatic heterocycles. The van der Waals surface area contributed by atoms with Crippen molar-refractivity contribution in [3.8, 4) is 0 Å². The summed E-state index contributed by atoms with van der Waals surface area (Å²) in [5.74, 6) is 0.998. The van der Waals surface area contributed by atoms with Crippen molar-refractivity contribution < 1.29 is 4.79 Å². The molecule has 3 rings (SSSR count). The smallest absolute Gasteiger partial charge is 0.224 e. The molecule has 2 heterocycles. The monoisotopic (exact) mass is 280 g/mol. The normalized spacial score (nSPS) is 21.6. The molecular formula is C13H17ClN4O. The Morgan fingerprint density at radius 3 is 3.05 bits per heavy atom. The Labute approximate surface area is 117 Å². The fourth-order valence-corrected chi connectivity index (χ4v) is 3.18. The molecule has 0 bridgehead atoms. The van der Waals surface area contributed by atoms with Gasteiger partial charge in [-0.25, -0.2) is 9.97 Å². The average Bonchev–Trinajstić information content (AvgIpc) is 2.95. The van der Waals surface area contributed by atoms with Crippen molar-refractivity contribution in [3.05, 3.63) is 16.5 Å². The van der Waals surface area contributed by atoms with Crippen LogP contribution in [-0.2, 0) is 17.6 Å². The molecule has 1 N–H and O–H groups in total. The van der Waals surface area contributed by atoms with Gasteiger partial charge in [-0.3, -0.25) is 4.79 Å². The summed E-state index contributed by atoms with van der Waals surface area (Å²) < 4.78 is 0. The summed E-state index contributed by atoms with van der Waals surface area (Å²) in [4.78, 5) is 22.0. The summed E-state index contributed by atoms with van der Waals surface area (Å²) in [6.45, 7) is 3.27. The molecule has 1 atom stereocenters. The molecule has 0 spiro atoms. The van der Waals surface area contributed by atoms with Crippen LogP contribution < -0.4 is 10.2 Å². The van der Waals surface area contributed by atoms with Gasteiger partial charge in [0, 0.05) is 31.6 Å².